The molecule has 0 fully saturated rings. The average molecular weight is 913 g/mol. The summed E-state index contributed by atoms with van der Waals surface area (Å²) in [6, 6.07) is 0. The number of unbranched alkanes of at least 4 members (excludes halogenated alkanes) is 17. The fourth-order valence-corrected chi connectivity index (χ4v) is 6.94. The maximum Gasteiger partial charge on any atom is 0.306 e. The van der Waals surface area contributed by atoms with E-state index in [1.807, 2.05) is 0 Å². The first-order valence-corrected chi connectivity index (χ1v) is 27.1. The minimum atomic E-state index is -0.580. The lowest BCUT2D eigenvalue weighted by molar-refractivity contribution is -0.163. The van der Waals surface area contributed by atoms with Gasteiger partial charge in [0.1, 0.15) is 6.61 Å². The molecule has 0 aromatic heterocycles. The van der Waals surface area contributed by atoms with Crippen LogP contribution < -0.4 is 0 Å². The molecule has 5 nitrogen and oxygen atoms in total. The first kappa shape index (κ1) is 62.3. The van der Waals surface area contributed by atoms with Crippen molar-refractivity contribution in [2.45, 2.75) is 232 Å². The van der Waals surface area contributed by atoms with Crippen molar-refractivity contribution >= 4 is 11.9 Å². The van der Waals surface area contributed by atoms with E-state index in [1.54, 1.807) is 0 Å². The highest BCUT2D eigenvalue weighted by Gasteiger charge is 2.17. The molecule has 0 amide bonds. The first-order valence-electron chi connectivity index (χ1n) is 27.1. The lowest BCUT2D eigenvalue weighted by Gasteiger charge is -2.18. The largest absolute Gasteiger partial charge is 0.462 e. The summed E-state index contributed by atoms with van der Waals surface area (Å²) in [5, 5.41) is 0. The Balaban J connectivity index is 4.40. The van der Waals surface area contributed by atoms with E-state index in [-0.39, 0.29) is 25.2 Å². The van der Waals surface area contributed by atoms with Gasteiger partial charge in [-0.1, -0.05) is 213 Å². The Morgan fingerprint density at radius 3 is 1.20 bits per heavy atom. The Kier molecular flexibility index (Phi) is 52.5. The molecule has 66 heavy (non-hydrogen) atoms. The van der Waals surface area contributed by atoms with E-state index in [4.69, 9.17) is 14.2 Å². The summed E-state index contributed by atoms with van der Waals surface area (Å²) < 4.78 is 17.4. The minimum absolute atomic E-state index is 0.0386. The Labute approximate surface area is 407 Å². The minimum Gasteiger partial charge on any atom is -0.462 e. The zero-order valence-corrected chi connectivity index (χ0v) is 42.9. The zero-order valence-electron chi connectivity index (χ0n) is 42.9. The first-order chi connectivity index (χ1) is 32.6. The molecule has 0 bridgehead atoms. The maximum absolute atomic E-state index is 12.8. The highest BCUT2D eigenvalue weighted by Crippen LogP contribution is 2.12. The van der Waals surface area contributed by atoms with Gasteiger partial charge in [-0.2, -0.15) is 0 Å². The number of esters is 2. The van der Waals surface area contributed by atoms with Crippen molar-refractivity contribution < 1.29 is 23.8 Å². The maximum atomic E-state index is 12.8. The standard InChI is InChI=1S/C61H100O5/c1-4-7-10-13-16-19-22-25-27-29-30-31-33-35-38-41-44-47-50-53-56-64-57-59(66-61(63)55-52-49-46-43-40-36-24-21-18-15-12-9-6-3)58-65-60(62)54-51-48-45-42-39-37-34-32-28-26-23-20-17-14-11-8-5-2/h8,11-12,15-17,19-21,24-28,30-31,34,37,42,45,59H,4-7,9-10,13-14,18,22-23,29,32-33,35-36,38-41,43-44,46-58H2,1-3H3/b11-8-,15-12-,19-16-,20-17-,24-21-,27-25-,28-26-,31-30-,37-34-,45-42-. The zero-order chi connectivity index (χ0) is 47.7. The average Bonchev–Trinajstić information content (AvgIpc) is 3.32. The van der Waals surface area contributed by atoms with Gasteiger partial charge in [-0.05, 0) is 122 Å². The van der Waals surface area contributed by atoms with Gasteiger partial charge in [0.05, 0.1) is 6.61 Å². The van der Waals surface area contributed by atoms with Crippen LogP contribution in [0.2, 0.25) is 0 Å². The Bertz CT molecular complexity index is 1350. The van der Waals surface area contributed by atoms with Crippen LogP contribution >= 0.6 is 0 Å². The molecule has 1 unspecified atom stereocenters. The van der Waals surface area contributed by atoms with Gasteiger partial charge in [0.25, 0.3) is 0 Å². The van der Waals surface area contributed by atoms with E-state index in [0.29, 0.717) is 19.4 Å². The molecule has 0 saturated heterocycles. The smallest absolute Gasteiger partial charge is 0.306 e. The summed E-state index contributed by atoms with van der Waals surface area (Å²) >= 11 is 0. The van der Waals surface area contributed by atoms with Gasteiger partial charge in [0, 0.05) is 19.4 Å². The lowest BCUT2D eigenvalue weighted by Crippen LogP contribution is -2.30. The van der Waals surface area contributed by atoms with E-state index in [0.717, 1.165) is 109 Å². The van der Waals surface area contributed by atoms with Crippen LogP contribution in [0.4, 0.5) is 0 Å². The Morgan fingerprint density at radius 1 is 0.348 bits per heavy atom. The molecule has 0 aromatic rings. The predicted molar refractivity (Wildman–Crippen MR) is 288 cm³/mol. The van der Waals surface area contributed by atoms with Crippen LogP contribution in [0.3, 0.4) is 0 Å². The normalized spacial score (nSPS) is 13.2. The number of carbonyl (C=O) groups is 2. The van der Waals surface area contributed by atoms with Gasteiger partial charge in [0.15, 0.2) is 6.10 Å². The number of carbonyl (C=O) groups excluding carboxylic acids is 2. The molecule has 1 atom stereocenters. The molecule has 0 aliphatic rings. The van der Waals surface area contributed by atoms with Crippen LogP contribution in [0.15, 0.2) is 122 Å². The van der Waals surface area contributed by atoms with Gasteiger partial charge >= 0.3 is 11.9 Å². The summed E-state index contributed by atoms with van der Waals surface area (Å²) in [4.78, 5) is 25.4. The summed E-state index contributed by atoms with van der Waals surface area (Å²) in [5.74, 6) is -0.493. The van der Waals surface area contributed by atoms with E-state index in [9.17, 15) is 9.59 Å². The third-order valence-corrected chi connectivity index (χ3v) is 10.9. The second-order valence-corrected chi connectivity index (χ2v) is 17.4. The van der Waals surface area contributed by atoms with Gasteiger partial charge in [-0.25, -0.2) is 0 Å². The highest BCUT2D eigenvalue weighted by molar-refractivity contribution is 5.70. The molecule has 5 heteroatoms. The van der Waals surface area contributed by atoms with E-state index in [2.05, 4.69) is 142 Å². The van der Waals surface area contributed by atoms with Gasteiger partial charge in [0.2, 0.25) is 0 Å². The Hall–Kier alpha value is -3.70. The molecular weight excluding hydrogens is 813 g/mol. The van der Waals surface area contributed by atoms with Crippen molar-refractivity contribution in [2.75, 3.05) is 19.8 Å². The fourth-order valence-electron chi connectivity index (χ4n) is 6.94. The lowest BCUT2D eigenvalue weighted by atomic mass is 10.1. The van der Waals surface area contributed by atoms with E-state index in [1.165, 1.54) is 83.5 Å². The molecule has 374 valence electrons. The molecule has 0 N–H and O–H groups in total. The third-order valence-electron chi connectivity index (χ3n) is 10.9. The number of hydrogen-bond acceptors (Lipinski definition) is 5. The quantitative estimate of drug-likeness (QED) is 0.0346. The molecular formula is C61H100O5. The topological polar surface area (TPSA) is 61.8 Å². The predicted octanol–water partition coefficient (Wildman–Crippen LogP) is 18.6. The molecule has 0 aromatic carbocycles. The van der Waals surface area contributed by atoms with Crippen LogP contribution in [0.5, 0.6) is 0 Å². The number of allylic oxidation sites excluding steroid dienone is 20. The van der Waals surface area contributed by atoms with Crippen LogP contribution in [0, 0.1) is 0 Å². The second kappa shape index (κ2) is 55.6. The summed E-state index contributed by atoms with van der Waals surface area (Å²) in [6.07, 6.45) is 77.9. The molecule has 0 aliphatic carbocycles. The third kappa shape index (κ3) is 52.9. The molecule has 0 spiro atoms. The molecule has 0 saturated carbocycles. The Morgan fingerprint density at radius 2 is 0.727 bits per heavy atom. The van der Waals surface area contributed by atoms with Gasteiger partial charge in [-0.15, -0.1) is 0 Å². The van der Waals surface area contributed by atoms with Crippen LogP contribution in [-0.4, -0.2) is 37.9 Å². The summed E-state index contributed by atoms with van der Waals surface area (Å²) in [7, 11) is 0. The summed E-state index contributed by atoms with van der Waals surface area (Å²) in [5.41, 5.74) is 0. The van der Waals surface area contributed by atoms with Gasteiger partial charge in [-0.3, -0.25) is 9.59 Å². The van der Waals surface area contributed by atoms with Crippen molar-refractivity contribution in [1.29, 1.82) is 0 Å². The van der Waals surface area contributed by atoms with Gasteiger partial charge < -0.3 is 14.2 Å². The molecule has 0 rings (SSSR count). The SMILES string of the molecule is CC/C=C\C/C=C\C/C=C\C/C=C\C/C=C\CCCC(=O)OCC(COCCCCCCCCC/C=C\C/C=C\C/C=C\CCCCC)OC(=O)CCCCCCC/C=C\C/C=C\CCC. The fraction of sp³-hybridized carbons (Fsp3) is 0.639. The number of ether oxygens (including phenoxy) is 3. The molecule has 0 radical (unpaired) electrons. The van der Waals surface area contributed by atoms with Crippen molar-refractivity contribution in [2.24, 2.45) is 0 Å². The number of rotatable bonds is 48. The van der Waals surface area contributed by atoms with E-state index < -0.39 is 6.10 Å². The molecule has 0 heterocycles. The number of hydrogen-bond donors (Lipinski definition) is 0. The van der Waals surface area contributed by atoms with Crippen LogP contribution in [0.25, 0.3) is 0 Å². The van der Waals surface area contributed by atoms with Crippen molar-refractivity contribution in [3.05, 3.63) is 122 Å². The monoisotopic (exact) mass is 913 g/mol. The molecule has 0 aliphatic heterocycles. The second-order valence-electron chi connectivity index (χ2n) is 17.4. The van der Waals surface area contributed by atoms with E-state index >= 15 is 0 Å². The highest BCUT2D eigenvalue weighted by atomic mass is 16.6. The summed E-state index contributed by atoms with van der Waals surface area (Å²) in [6.45, 7) is 7.52. The van der Waals surface area contributed by atoms with Crippen LogP contribution in [0.1, 0.15) is 226 Å². The van der Waals surface area contributed by atoms with Crippen molar-refractivity contribution in [3.63, 3.8) is 0 Å². The van der Waals surface area contributed by atoms with Crippen LogP contribution in [-0.2, 0) is 23.8 Å². The van der Waals surface area contributed by atoms with Crippen molar-refractivity contribution in [1.82, 2.24) is 0 Å². The van der Waals surface area contributed by atoms with Crippen molar-refractivity contribution in [3.8, 4) is 0 Å².